The summed E-state index contributed by atoms with van der Waals surface area (Å²) in [6.45, 7) is 13.6. The normalized spacial score (nSPS) is 13.6. The van der Waals surface area contributed by atoms with Crippen LogP contribution in [0.3, 0.4) is 0 Å². The summed E-state index contributed by atoms with van der Waals surface area (Å²) in [7, 11) is 0. The molecule has 0 aliphatic heterocycles. The van der Waals surface area contributed by atoms with Gasteiger partial charge in [-0.15, -0.1) is 0 Å². The molecule has 0 rings (SSSR count). The van der Waals surface area contributed by atoms with Gasteiger partial charge in [0, 0.05) is 0 Å². The van der Waals surface area contributed by atoms with Crippen molar-refractivity contribution in [1.82, 2.24) is 0 Å². The van der Waals surface area contributed by atoms with E-state index in [1.807, 2.05) is 0 Å². The van der Waals surface area contributed by atoms with Crippen LogP contribution >= 0.6 is 0 Å². The van der Waals surface area contributed by atoms with Gasteiger partial charge in [-0.25, -0.2) is 0 Å². The van der Waals surface area contributed by atoms with Gasteiger partial charge in [-0.2, -0.15) is 0 Å². The third-order valence-electron chi connectivity index (χ3n) is 3.68. The monoisotopic (exact) mass is 284 g/mol. The number of hydrogen-bond acceptors (Lipinski definition) is 2. The minimum atomic E-state index is 0.00323. The lowest BCUT2D eigenvalue weighted by molar-refractivity contribution is -0.151. The lowest BCUT2D eigenvalue weighted by Gasteiger charge is -2.27. The van der Waals surface area contributed by atoms with Crippen LogP contribution in [-0.2, 0) is 9.53 Å². The number of ether oxygens (including phenoxy) is 1. The molecule has 0 aromatic carbocycles. The van der Waals surface area contributed by atoms with Gasteiger partial charge in [0.1, 0.15) is 0 Å². The van der Waals surface area contributed by atoms with E-state index in [9.17, 15) is 4.79 Å². The smallest absolute Gasteiger partial charge is 0.309 e. The first-order valence-electron chi connectivity index (χ1n) is 8.44. The van der Waals surface area contributed by atoms with Gasteiger partial charge in [-0.05, 0) is 24.2 Å². The third-order valence-corrected chi connectivity index (χ3v) is 3.68. The first-order chi connectivity index (χ1) is 9.28. The Morgan fingerprint density at radius 2 is 1.55 bits per heavy atom. The Kier molecular flexibility index (Phi) is 9.96. The zero-order valence-corrected chi connectivity index (χ0v) is 14.6. The summed E-state index contributed by atoms with van der Waals surface area (Å²) in [5.74, 6) is 0.393. The predicted molar refractivity (Wildman–Crippen MR) is 86.7 cm³/mol. The minimum absolute atomic E-state index is 0.00323. The Balaban J connectivity index is 3.91. The van der Waals surface area contributed by atoms with Crippen LogP contribution in [0.1, 0.15) is 86.5 Å². The molecular weight excluding hydrogens is 248 g/mol. The van der Waals surface area contributed by atoms with E-state index in [1.165, 1.54) is 32.1 Å². The Labute approximate surface area is 126 Å². The molecule has 0 heterocycles. The molecule has 0 aromatic heterocycles. The van der Waals surface area contributed by atoms with Gasteiger partial charge in [-0.1, -0.05) is 73.6 Å². The number of hydrogen-bond donors (Lipinski definition) is 0. The number of esters is 1. The molecule has 0 saturated carbocycles. The predicted octanol–water partition coefficient (Wildman–Crippen LogP) is 5.60. The first-order valence-corrected chi connectivity index (χ1v) is 8.44. The van der Waals surface area contributed by atoms with Crippen molar-refractivity contribution in [3.8, 4) is 0 Å². The highest BCUT2D eigenvalue weighted by molar-refractivity contribution is 5.72. The second kappa shape index (κ2) is 10.2. The Morgan fingerprint density at radius 1 is 1.00 bits per heavy atom. The fraction of sp³-hybridized carbons (Fsp3) is 0.944. The van der Waals surface area contributed by atoms with Crippen LogP contribution in [0.5, 0.6) is 0 Å². The molecule has 0 aromatic rings. The molecule has 120 valence electrons. The van der Waals surface area contributed by atoms with Crippen molar-refractivity contribution in [2.45, 2.75) is 86.5 Å². The maximum absolute atomic E-state index is 12.2. The maximum Gasteiger partial charge on any atom is 0.309 e. The van der Waals surface area contributed by atoms with Crippen LogP contribution in [0.25, 0.3) is 0 Å². The fourth-order valence-electron chi connectivity index (χ4n) is 2.41. The molecule has 0 amide bonds. The van der Waals surface area contributed by atoms with Crippen LogP contribution in [-0.4, -0.2) is 12.6 Å². The fourth-order valence-corrected chi connectivity index (χ4v) is 2.41. The van der Waals surface area contributed by atoms with Crippen LogP contribution in [0.4, 0.5) is 0 Å². The van der Waals surface area contributed by atoms with Gasteiger partial charge >= 0.3 is 5.97 Å². The minimum Gasteiger partial charge on any atom is -0.465 e. The molecule has 2 heteroatoms. The molecule has 0 saturated heterocycles. The SMILES string of the molecule is CCCCCCCCOC(=O)C(CC(C)(C)C)C(C)C. The molecule has 0 radical (unpaired) electrons. The molecule has 20 heavy (non-hydrogen) atoms. The standard InChI is InChI=1S/C18H36O2/c1-7-8-9-10-11-12-13-20-17(19)16(15(2)3)14-18(4,5)6/h15-16H,7-14H2,1-6H3. The second-order valence-electron chi connectivity index (χ2n) is 7.55. The summed E-state index contributed by atoms with van der Waals surface area (Å²) in [4.78, 5) is 12.2. The van der Waals surface area contributed by atoms with E-state index in [1.54, 1.807) is 0 Å². The van der Waals surface area contributed by atoms with Crippen LogP contribution in [0.2, 0.25) is 0 Å². The highest BCUT2D eigenvalue weighted by Crippen LogP contribution is 2.29. The van der Waals surface area contributed by atoms with E-state index < -0.39 is 0 Å². The Morgan fingerprint density at radius 3 is 2.05 bits per heavy atom. The summed E-state index contributed by atoms with van der Waals surface area (Å²) in [5, 5.41) is 0. The lowest BCUT2D eigenvalue weighted by Crippen LogP contribution is -2.27. The summed E-state index contributed by atoms with van der Waals surface area (Å²) in [5.41, 5.74) is 0.175. The molecule has 2 nitrogen and oxygen atoms in total. The van der Waals surface area contributed by atoms with Gasteiger partial charge in [0.2, 0.25) is 0 Å². The molecule has 1 atom stereocenters. The van der Waals surface area contributed by atoms with Gasteiger partial charge < -0.3 is 4.74 Å². The largest absolute Gasteiger partial charge is 0.465 e. The number of unbranched alkanes of at least 4 members (excludes halogenated alkanes) is 5. The van der Waals surface area contributed by atoms with E-state index in [0.29, 0.717) is 12.5 Å². The van der Waals surface area contributed by atoms with Crippen molar-refractivity contribution in [2.24, 2.45) is 17.3 Å². The first kappa shape index (κ1) is 19.5. The highest BCUT2D eigenvalue weighted by Gasteiger charge is 2.28. The van der Waals surface area contributed by atoms with Gasteiger partial charge in [0.05, 0.1) is 12.5 Å². The van der Waals surface area contributed by atoms with E-state index in [4.69, 9.17) is 4.74 Å². The molecule has 0 aliphatic rings. The number of rotatable bonds is 10. The van der Waals surface area contributed by atoms with Gasteiger partial charge in [-0.3, -0.25) is 4.79 Å². The molecule has 0 N–H and O–H groups in total. The van der Waals surface area contributed by atoms with Crippen molar-refractivity contribution < 1.29 is 9.53 Å². The van der Waals surface area contributed by atoms with Crippen LogP contribution < -0.4 is 0 Å². The van der Waals surface area contributed by atoms with Gasteiger partial charge in [0.15, 0.2) is 0 Å². The molecule has 1 unspecified atom stereocenters. The van der Waals surface area contributed by atoms with E-state index in [0.717, 1.165) is 12.8 Å². The van der Waals surface area contributed by atoms with Crippen LogP contribution in [0.15, 0.2) is 0 Å². The van der Waals surface area contributed by atoms with E-state index in [2.05, 4.69) is 41.5 Å². The lowest BCUT2D eigenvalue weighted by atomic mass is 9.80. The molecule has 0 aliphatic carbocycles. The van der Waals surface area contributed by atoms with Crippen LogP contribution in [0, 0.1) is 17.3 Å². The molecule has 0 fully saturated rings. The number of carbonyl (C=O) groups excluding carboxylic acids is 1. The van der Waals surface area contributed by atoms with Crippen molar-refractivity contribution in [2.75, 3.05) is 6.61 Å². The quantitative estimate of drug-likeness (QED) is 0.385. The summed E-state index contributed by atoms with van der Waals surface area (Å²) in [6, 6.07) is 0. The highest BCUT2D eigenvalue weighted by atomic mass is 16.5. The Bertz CT molecular complexity index is 251. The Hall–Kier alpha value is -0.530. The summed E-state index contributed by atoms with van der Waals surface area (Å²) in [6.07, 6.45) is 8.26. The van der Waals surface area contributed by atoms with Crippen molar-refractivity contribution in [3.05, 3.63) is 0 Å². The van der Waals surface area contributed by atoms with Crippen molar-refractivity contribution in [1.29, 1.82) is 0 Å². The van der Waals surface area contributed by atoms with E-state index in [-0.39, 0.29) is 17.3 Å². The summed E-state index contributed by atoms with van der Waals surface area (Å²) < 4.78 is 5.48. The second-order valence-corrected chi connectivity index (χ2v) is 7.55. The van der Waals surface area contributed by atoms with Gasteiger partial charge in [0.25, 0.3) is 0 Å². The summed E-state index contributed by atoms with van der Waals surface area (Å²) >= 11 is 0. The van der Waals surface area contributed by atoms with Crippen molar-refractivity contribution >= 4 is 5.97 Å². The molecule has 0 spiro atoms. The number of carbonyl (C=O) groups is 1. The average Bonchev–Trinajstić information content (AvgIpc) is 2.33. The molecular formula is C18H36O2. The topological polar surface area (TPSA) is 26.3 Å². The van der Waals surface area contributed by atoms with Crippen molar-refractivity contribution in [3.63, 3.8) is 0 Å². The molecule has 0 bridgehead atoms. The third kappa shape index (κ3) is 10.3. The maximum atomic E-state index is 12.2. The zero-order valence-electron chi connectivity index (χ0n) is 14.6. The average molecular weight is 284 g/mol. The zero-order chi connectivity index (χ0) is 15.6. The van der Waals surface area contributed by atoms with E-state index >= 15 is 0 Å².